The summed E-state index contributed by atoms with van der Waals surface area (Å²) in [6.07, 6.45) is 1.06. The number of hydrogen-bond acceptors (Lipinski definition) is 8. The van der Waals surface area contributed by atoms with E-state index < -0.39 is 15.5 Å². The molecular formula is C10H7ClN6O4. The normalized spacial score (nSPS) is 9.95. The molecule has 2 aromatic rings. The highest BCUT2D eigenvalue weighted by atomic mass is 35.5. The molecule has 0 radical (unpaired) electrons. The van der Waals surface area contributed by atoms with Gasteiger partial charge in [0.15, 0.2) is 0 Å². The molecule has 2 N–H and O–H groups in total. The molecular weight excluding hydrogens is 304 g/mol. The number of halogens is 1. The van der Waals surface area contributed by atoms with Crippen LogP contribution >= 0.6 is 11.6 Å². The van der Waals surface area contributed by atoms with Gasteiger partial charge in [-0.3, -0.25) is 31.1 Å². The van der Waals surface area contributed by atoms with Gasteiger partial charge >= 0.3 is 5.69 Å². The second-order valence-electron chi connectivity index (χ2n) is 3.67. The van der Waals surface area contributed by atoms with E-state index >= 15 is 0 Å². The molecule has 11 heteroatoms. The number of nitro groups is 2. The van der Waals surface area contributed by atoms with Crippen molar-refractivity contribution in [3.05, 3.63) is 56.0 Å². The van der Waals surface area contributed by atoms with Crippen LogP contribution in [-0.2, 0) is 0 Å². The van der Waals surface area contributed by atoms with E-state index in [1.807, 2.05) is 0 Å². The molecule has 0 aliphatic heterocycles. The topological polar surface area (TPSA) is 136 Å². The lowest BCUT2D eigenvalue weighted by molar-refractivity contribution is -0.384. The number of anilines is 2. The lowest BCUT2D eigenvalue weighted by Gasteiger charge is -2.08. The van der Waals surface area contributed by atoms with Crippen LogP contribution in [0.3, 0.4) is 0 Å². The van der Waals surface area contributed by atoms with Gasteiger partial charge in [0.1, 0.15) is 6.33 Å². The summed E-state index contributed by atoms with van der Waals surface area (Å²) in [6.45, 7) is 0. The lowest BCUT2D eigenvalue weighted by Crippen LogP contribution is -2.12. The number of hydrazine groups is 1. The lowest BCUT2D eigenvalue weighted by atomic mass is 10.3. The quantitative estimate of drug-likeness (QED) is 0.488. The summed E-state index contributed by atoms with van der Waals surface area (Å²) < 4.78 is 0. The van der Waals surface area contributed by atoms with Gasteiger partial charge in [-0.05, 0) is 12.1 Å². The number of nitrogens with one attached hydrogen (secondary N) is 2. The molecule has 0 saturated heterocycles. The molecule has 10 nitrogen and oxygen atoms in total. The molecule has 2 rings (SSSR count). The maximum Gasteiger partial charge on any atom is 0.350 e. The van der Waals surface area contributed by atoms with E-state index in [0.29, 0.717) is 5.69 Å². The maximum atomic E-state index is 10.9. The molecule has 1 heterocycles. The first-order valence-corrected chi connectivity index (χ1v) is 5.78. The molecule has 1 aromatic carbocycles. The van der Waals surface area contributed by atoms with Crippen LogP contribution < -0.4 is 10.9 Å². The van der Waals surface area contributed by atoms with Crippen molar-refractivity contribution in [2.24, 2.45) is 0 Å². The Bertz CT molecular complexity index is 692. The Morgan fingerprint density at radius 3 is 2.24 bits per heavy atom. The number of nitro benzene ring substituents is 1. The Balaban J connectivity index is 2.15. The number of hydrogen-bond donors (Lipinski definition) is 2. The molecule has 0 atom stereocenters. The smallest absolute Gasteiger partial charge is 0.299 e. The van der Waals surface area contributed by atoms with Gasteiger partial charge in [-0.15, -0.1) is 0 Å². The number of rotatable bonds is 5. The number of aromatic nitrogens is 2. The van der Waals surface area contributed by atoms with Gasteiger partial charge in [0.2, 0.25) is 11.0 Å². The van der Waals surface area contributed by atoms with Gasteiger partial charge in [-0.2, -0.15) is 0 Å². The van der Waals surface area contributed by atoms with E-state index in [0.717, 1.165) is 6.33 Å². The summed E-state index contributed by atoms with van der Waals surface area (Å²) in [7, 11) is 0. The molecule has 1 aromatic heterocycles. The standard InChI is InChI=1S/C10H7ClN6O4/c11-9-8(17(20)21)10(13-5-12-9)15-14-6-1-3-7(4-2-6)16(18)19/h1-5,14H,(H,12,13,15). The van der Waals surface area contributed by atoms with Crippen LogP contribution in [0.15, 0.2) is 30.6 Å². The summed E-state index contributed by atoms with van der Waals surface area (Å²) >= 11 is 5.63. The van der Waals surface area contributed by atoms with Gasteiger partial charge in [0.25, 0.3) is 5.69 Å². The second-order valence-corrected chi connectivity index (χ2v) is 4.03. The highest BCUT2D eigenvalue weighted by Gasteiger charge is 2.21. The second kappa shape index (κ2) is 5.96. The zero-order valence-corrected chi connectivity index (χ0v) is 10.9. The van der Waals surface area contributed by atoms with Crippen molar-refractivity contribution in [2.75, 3.05) is 10.9 Å². The molecule has 0 spiro atoms. The zero-order chi connectivity index (χ0) is 15.4. The fraction of sp³-hybridized carbons (Fsp3) is 0. The van der Waals surface area contributed by atoms with Crippen molar-refractivity contribution in [1.82, 2.24) is 9.97 Å². The van der Waals surface area contributed by atoms with Crippen molar-refractivity contribution < 1.29 is 9.85 Å². The third kappa shape index (κ3) is 3.30. The Morgan fingerprint density at radius 2 is 1.67 bits per heavy atom. The highest BCUT2D eigenvalue weighted by molar-refractivity contribution is 6.31. The monoisotopic (exact) mass is 310 g/mol. The van der Waals surface area contributed by atoms with E-state index in [4.69, 9.17) is 11.6 Å². The van der Waals surface area contributed by atoms with Crippen LogP contribution in [-0.4, -0.2) is 19.8 Å². The number of non-ortho nitro benzene ring substituents is 1. The van der Waals surface area contributed by atoms with Crippen molar-refractivity contribution in [3.8, 4) is 0 Å². The van der Waals surface area contributed by atoms with Crippen LogP contribution in [0, 0.1) is 20.2 Å². The third-order valence-electron chi connectivity index (χ3n) is 2.36. The average Bonchev–Trinajstić information content (AvgIpc) is 2.45. The Morgan fingerprint density at radius 1 is 1.00 bits per heavy atom. The minimum Gasteiger partial charge on any atom is -0.299 e. The largest absolute Gasteiger partial charge is 0.350 e. The third-order valence-corrected chi connectivity index (χ3v) is 2.64. The first-order valence-electron chi connectivity index (χ1n) is 5.40. The van der Waals surface area contributed by atoms with E-state index in [1.54, 1.807) is 0 Å². The molecule has 0 aliphatic rings. The number of nitrogens with zero attached hydrogens (tertiary/aromatic N) is 4. The van der Waals surface area contributed by atoms with E-state index in [1.165, 1.54) is 24.3 Å². The first kappa shape index (κ1) is 14.4. The molecule has 0 bridgehead atoms. The van der Waals surface area contributed by atoms with Crippen LogP contribution in [0.1, 0.15) is 0 Å². The highest BCUT2D eigenvalue weighted by Crippen LogP contribution is 2.28. The van der Waals surface area contributed by atoms with Crippen LogP contribution in [0.4, 0.5) is 22.9 Å². The van der Waals surface area contributed by atoms with Crippen molar-refractivity contribution in [3.63, 3.8) is 0 Å². The van der Waals surface area contributed by atoms with Crippen LogP contribution in [0.25, 0.3) is 0 Å². The molecule has 0 amide bonds. The minimum atomic E-state index is -0.720. The molecule has 108 valence electrons. The van der Waals surface area contributed by atoms with E-state index in [9.17, 15) is 20.2 Å². The molecule has 21 heavy (non-hydrogen) atoms. The minimum absolute atomic E-state index is 0.0726. The zero-order valence-electron chi connectivity index (χ0n) is 10.2. The summed E-state index contributed by atoms with van der Waals surface area (Å²) in [5.41, 5.74) is 5.02. The average molecular weight is 311 g/mol. The van der Waals surface area contributed by atoms with Gasteiger partial charge in [0.05, 0.1) is 15.5 Å². The molecule has 0 aliphatic carbocycles. The summed E-state index contributed by atoms with van der Waals surface area (Å²) in [6, 6.07) is 5.43. The molecule has 0 saturated carbocycles. The van der Waals surface area contributed by atoms with E-state index in [2.05, 4.69) is 20.8 Å². The predicted octanol–water partition coefficient (Wildman–Crippen LogP) is 2.39. The summed E-state index contributed by atoms with van der Waals surface area (Å²) in [5, 5.41) is 21.1. The van der Waals surface area contributed by atoms with Crippen molar-refractivity contribution in [1.29, 1.82) is 0 Å². The fourth-order valence-electron chi connectivity index (χ4n) is 1.41. The van der Waals surface area contributed by atoms with Crippen molar-refractivity contribution in [2.45, 2.75) is 0 Å². The number of benzene rings is 1. The Hall–Kier alpha value is -3.01. The van der Waals surface area contributed by atoms with Crippen LogP contribution in [0.5, 0.6) is 0 Å². The van der Waals surface area contributed by atoms with Crippen molar-refractivity contribution >= 4 is 34.5 Å². The van der Waals surface area contributed by atoms with Crippen LogP contribution in [0.2, 0.25) is 5.15 Å². The summed E-state index contributed by atoms with van der Waals surface area (Å²) in [5.74, 6) is -0.127. The van der Waals surface area contributed by atoms with Gasteiger partial charge in [-0.1, -0.05) is 11.6 Å². The Kier molecular flexibility index (Phi) is 4.09. The van der Waals surface area contributed by atoms with Gasteiger partial charge in [-0.25, -0.2) is 9.97 Å². The predicted molar refractivity (Wildman–Crippen MR) is 74.0 cm³/mol. The van der Waals surface area contributed by atoms with E-state index in [-0.39, 0.29) is 16.7 Å². The molecule has 0 fully saturated rings. The first-order chi connectivity index (χ1) is 9.99. The molecule has 0 unspecified atom stereocenters. The fourth-order valence-corrected chi connectivity index (χ4v) is 1.61. The Labute approximate surface area is 122 Å². The maximum absolute atomic E-state index is 10.9. The van der Waals surface area contributed by atoms with Gasteiger partial charge in [0, 0.05) is 12.1 Å². The summed E-state index contributed by atoms with van der Waals surface area (Å²) in [4.78, 5) is 27.3. The van der Waals surface area contributed by atoms with Gasteiger partial charge < -0.3 is 0 Å². The SMILES string of the molecule is O=[N+]([O-])c1ccc(NNc2ncnc(Cl)c2[N+](=O)[O-])cc1.